The molecule has 0 amide bonds. The largest absolute Gasteiger partial charge is 0.383 e. The van der Waals surface area contributed by atoms with Crippen molar-refractivity contribution in [3.05, 3.63) is 40.7 Å². The average molecular weight is 400 g/mol. The van der Waals surface area contributed by atoms with Gasteiger partial charge in [0.2, 0.25) is 5.96 Å². The number of aromatic nitrogens is 1. The van der Waals surface area contributed by atoms with E-state index in [-0.39, 0.29) is 0 Å². The Morgan fingerprint density at radius 1 is 1.25 bits per heavy atom. The molecule has 0 aromatic carbocycles. The molecule has 1 spiro atoms. The molecule has 0 bridgehead atoms. The lowest BCUT2D eigenvalue weighted by Gasteiger charge is -2.43. The average Bonchev–Trinajstić information content (AvgIpc) is 3.14. The number of thioether (sulfide) groups is 1. The van der Waals surface area contributed by atoms with Crippen LogP contribution in [0.4, 0.5) is 5.82 Å². The Hall–Kier alpha value is -1.99. The Morgan fingerprint density at radius 3 is 2.68 bits per heavy atom. The topological polar surface area (TPSA) is 67.0 Å². The third kappa shape index (κ3) is 3.42. The van der Waals surface area contributed by atoms with Crippen LogP contribution in [-0.2, 0) is 4.74 Å². The molecule has 7 heteroatoms. The van der Waals surface area contributed by atoms with Crippen molar-refractivity contribution in [3.63, 3.8) is 0 Å². The molecular formula is C21H29N5OS. The number of piperidine rings is 1. The summed E-state index contributed by atoms with van der Waals surface area (Å²) in [6.07, 6.45) is 5.29. The van der Waals surface area contributed by atoms with E-state index >= 15 is 0 Å². The van der Waals surface area contributed by atoms with Gasteiger partial charge in [-0.25, -0.2) is 9.98 Å². The van der Waals surface area contributed by atoms with Crippen molar-refractivity contribution in [3.8, 4) is 0 Å². The zero-order chi connectivity index (χ0) is 19.9. The summed E-state index contributed by atoms with van der Waals surface area (Å²) >= 11 is 1.67. The fraction of sp³-hybridized carbons (Fsp3) is 0.524. The second-order valence-electron chi connectivity index (χ2n) is 8.04. The molecule has 2 saturated heterocycles. The summed E-state index contributed by atoms with van der Waals surface area (Å²) < 4.78 is 5.67. The van der Waals surface area contributed by atoms with E-state index in [4.69, 9.17) is 15.5 Å². The maximum atomic E-state index is 5.97. The van der Waals surface area contributed by atoms with Gasteiger partial charge in [0.1, 0.15) is 5.82 Å². The minimum absolute atomic E-state index is 0.395. The molecule has 6 nitrogen and oxygen atoms in total. The van der Waals surface area contributed by atoms with Crippen LogP contribution < -0.4 is 5.73 Å². The standard InChI is InChI=1S/C21H29N5OS/c1-14-17(5-9-23-19(14)22)28-18-15(2)24-20(25(4)16(18)3)26-10-6-21(7-11-26)8-12-27-13-21/h5,9H,3,6-8,10-13H2,1-2,4H3,(H2,22,23). The van der Waals surface area contributed by atoms with Gasteiger partial charge in [-0.3, -0.25) is 0 Å². The summed E-state index contributed by atoms with van der Waals surface area (Å²) in [4.78, 5) is 15.8. The number of allylic oxidation sites excluding steroid dienone is 1. The number of hydrogen-bond donors (Lipinski definition) is 1. The van der Waals surface area contributed by atoms with E-state index in [0.29, 0.717) is 11.2 Å². The van der Waals surface area contributed by atoms with Gasteiger partial charge in [0.15, 0.2) is 0 Å². The van der Waals surface area contributed by atoms with E-state index in [1.807, 2.05) is 13.0 Å². The van der Waals surface area contributed by atoms with Gasteiger partial charge in [-0.1, -0.05) is 18.3 Å². The fourth-order valence-electron chi connectivity index (χ4n) is 4.15. The molecule has 3 aliphatic rings. The number of pyridine rings is 1. The molecule has 1 aromatic rings. The van der Waals surface area contributed by atoms with E-state index in [1.165, 1.54) is 19.3 Å². The number of nitrogens with two attached hydrogens (primary N) is 1. The van der Waals surface area contributed by atoms with Crippen LogP contribution in [-0.4, -0.2) is 54.1 Å². The summed E-state index contributed by atoms with van der Waals surface area (Å²) in [5.74, 6) is 1.58. The Morgan fingerprint density at radius 2 is 2.00 bits per heavy atom. The van der Waals surface area contributed by atoms with Crippen LogP contribution in [0.15, 0.2) is 45.0 Å². The summed E-state index contributed by atoms with van der Waals surface area (Å²) in [7, 11) is 2.06. The van der Waals surface area contributed by atoms with Gasteiger partial charge in [0.25, 0.3) is 0 Å². The predicted molar refractivity (Wildman–Crippen MR) is 115 cm³/mol. The monoisotopic (exact) mass is 399 g/mol. The van der Waals surface area contributed by atoms with Gasteiger partial charge in [-0.15, -0.1) is 0 Å². The third-order valence-electron chi connectivity index (χ3n) is 6.26. The number of anilines is 1. The molecule has 0 saturated carbocycles. The number of guanidine groups is 1. The highest BCUT2D eigenvalue weighted by molar-refractivity contribution is 8.03. The fourth-order valence-corrected chi connectivity index (χ4v) is 5.21. The van der Waals surface area contributed by atoms with Crippen LogP contribution in [0.25, 0.3) is 0 Å². The highest BCUT2D eigenvalue weighted by atomic mass is 32.2. The highest BCUT2D eigenvalue weighted by Gasteiger charge is 2.39. The second kappa shape index (κ2) is 7.44. The van der Waals surface area contributed by atoms with Crippen molar-refractivity contribution in [1.82, 2.24) is 14.8 Å². The Balaban J connectivity index is 1.55. The van der Waals surface area contributed by atoms with Crippen molar-refractivity contribution in [1.29, 1.82) is 0 Å². The lowest BCUT2D eigenvalue weighted by molar-refractivity contribution is 0.102. The molecule has 150 valence electrons. The van der Waals surface area contributed by atoms with Crippen LogP contribution in [0.5, 0.6) is 0 Å². The van der Waals surface area contributed by atoms with Gasteiger partial charge >= 0.3 is 0 Å². The van der Waals surface area contributed by atoms with Crippen LogP contribution in [0.1, 0.15) is 31.7 Å². The molecule has 0 radical (unpaired) electrons. The third-order valence-corrected chi connectivity index (χ3v) is 7.66. The van der Waals surface area contributed by atoms with Gasteiger partial charge < -0.3 is 20.3 Å². The van der Waals surface area contributed by atoms with E-state index in [0.717, 1.165) is 59.0 Å². The second-order valence-corrected chi connectivity index (χ2v) is 9.10. The Labute approximate surface area is 171 Å². The number of aliphatic imine (C=N–C) groups is 1. The first-order chi connectivity index (χ1) is 13.4. The summed E-state index contributed by atoms with van der Waals surface area (Å²) in [5.41, 5.74) is 9.35. The minimum Gasteiger partial charge on any atom is -0.383 e. The van der Waals surface area contributed by atoms with E-state index in [9.17, 15) is 0 Å². The molecule has 4 heterocycles. The van der Waals surface area contributed by atoms with E-state index in [1.54, 1.807) is 18.0 Å². The molecule has 3 aliphatic heterocycles. The zero-order valence-electron chi connectivity index (χ0n) is 17.0. The molecular weight excluding hydrogens is 370 g/mol. The van der Waals surface area contributed by atoms with Gasteiger partial charge in [-0.2, -0.15) is 0 Å². The molecule has 28 heavy (non-hydrogen) atoms. The number of rotatable bonds is 2. The van der Waals surface area contributed by atoms with Gasteiger partial charge in [0, 0.05) is 43.4 Å². The van der Waals surface area contributed by atoms with Crippen molar-refractivity contribution in [2.24, 2.45) is 10.4 Å². The Kier molecular flexibility index (Phi) is 5.14. The lowest BCUT2D eigenvalue weighted by Crippen LogP contribution is -2.49. The van der Waals surface area contributed by atoms with Crippen LogP contribution in [0.2, 0.25) is 0 Å². The summed E-state index contributed by atoms with van der Waals surface area (Å²) in [6, 6.07) is 2.00. The van der Waals surface area contributed by atoms with E-state index in [2.05, 4.69) is 35.3 Å². The minimum atomic E-state index is 0.395. The molecule has 0 aliphatic carbocycles. The maximum Gasteiger partial charge on any atom is 0.205 e. The first-order valence-electron chi connectivity index (χ1n) is 9.84. The zero-order valence-corrected chi connectivity index (χ0v) is 17.8. The molecule has 2 fully saturated rings. The normalized spacial score (nSPS) is 22.2. The molecule has 4 rings (SSSR count). The molecule has 0 atom stereocenters. The van der Waals surface area contributed by atoms with Crippen LogP contribution in [0.3, 0.4) is 0 Å². The van der Waals surface area contributed by atoms with Crippen molar-refractivity contribution >= 4 is 23.5 Å². The summed E-state index contributed by atoms with van der Waals surface area (Å²) in [5, 5.41) is 0. The first-order valence-corrected chi connectivity index (χ1v) is 10.7. The SMILES string of the molecule is C=C1C(Sc2ccnc(N)c2C)=C(C)N=C(N2CCC3(CCOC3)CC2)N1C. The summed E-state index contributed by atoms with van der Waals surface area (Å²) in [6.45, 7) is 12.3. The quantitative estimate of drug-likeness (QED) is 0.819. The number of ether oxygens (including phenoxy) is 1. The van der Waals surface area contributed by atoms with Crippen LogP contribution >= 0.6 is 11.8 Å². The number of hydrogen-bond acceptors (Lipinski definition) is 7. The van der Waals surface area contributed by atoms with Crippen LogP contribution in [0, 0.1) is 12.3 Å². The smallest absolute Gasteiger partial charge is 0.205 e. The van der Waals surface area contributed by atoms with Gasteiger partial charge in [-0.05, 0) is 44.6 Å². The highest BCUT2D eigenvalue weighted by Crippen LogP contribution is 2.42. The number of nitrogen functional groups attached to an aromatic ring is 1. The van der Waals surface area contributed by atoms with Gasteiger partial charge in [0.05, 0.1) is 22.9 Å². The first kappa shape index (κ1) is 19.3. The molecule has 1 aromatic heterocycles. The number of likely N-dealkylation sites (N-methyl/N-ethyl adjacent to an activating group) is 1. The molecule has 2 N–H and O–H groups in total. The van der Waals surface area contributed by atoms with Crippen molar-refractivity contribution in [2.45, 2.75) is 38.0 Å². The van der Waals surface area contributed by atoms with E-state index < -0.39 is 0 Å². The Bertz CT molecular complexity index is 846. The molecule has 0 unspecified atom stereocenters. The number of likely N-dealkylation sites (tertiary alicyclic amines) is 1. The van der Waals surface area contributed by atoms with Crippen molar-refractivity contribution < 1.29 is 4.74 Å². The van der Waals surface area contributed by atoms with Crippen molar-refractivity contribution in [2.75, 3.05) is 39.1 Å². The predicted octanol–water partition coefficient (Wildman–Crippen LogP) is 3.61. The number of nitrogens with zero attached hydrogens (tertiary/aromatic N) is 4. The lowest BCUT2D eigenvalue weighted by atomic mass is 9.78. The maximum absolute atomic E-state index is 5.97.